The van der Waals surface area contributed by atoms with Crippen LogP contribution in [-0.2, 0) is 4.74 Å². The van der Waals surface area contributed by atoms with Gasteiger partial charge in [-0.05, 0) is 38.5 Å². The maximum Gasteiger partial charge on any atom is 0.0623 e. The molecular weight excluding hydrogens is 198 g/mol. The van der Waals surface area contributed by atoms with Gasteiger partial charge in [0, 0.05) is 6.04 Å². The van der Waals surface area contributed by atoms with E-state index in [4.69, 9.17) is 10.5 Å². The van der Waals surface area contributed by atoms with E-state index in [9.17, 15) is 0 Å². The lowest BCUT2D eigenvalue weighted by Crippen LogP contribution is -2.37. The summed E-state index contributed by atoms with van der Waals surface area (Å²) in [5, 5.41) is 0. The molecule has 2 N–H and O–H groups in total. The van der Waals surface area contributed by atoms with Gasteiger partial charge in [-0.2, -0.15) is 0 Å². The Morgan fingerprint density at radius 3 is 2.31 bits per heavy atom. The zero-order valence-corrected chi connectivity index (χ0v) is 11.2. The molecule has 0 bridgehead atoms. The quantitative estimate of drug-likeness (QED) is 0.755. The van der Waals surface area contributed by atoms with Crippen molar-refractivity contribution in [3.05, 3.63) is 0 Å². The molecule has 2 heteroatoms. The van der Waals surface area contributed by atoms with E-state index in [1.165, 1.54) is 38.5 Å². The second-order valence-electron chi connectivity index (χ2n) is 5.62. The van der Waals surface area contributed by atoms with Crippen LogP contribution >= 0.6 is 0 Å². The molecule has 0 aromatic heterocycles. The average molecular weight is 227 g/mol. The first-order chi connectivity index (χ1) is 7.63. The van der Waals surface area contributed by atoms with Crippen LogP contribution in [0.1, 0.15) is 59.3 Å². The minimum Gasteiger partial charge on any atom is -0.377 e. The highest BCUT2D eigenvalue weighted by Crippen LogP contribution is 2.32. The lowest BCUT2D eigenvalue weighted by molar-refractivity contribution is 0.0499. The van der Waals surface area contributed by atoms with Crippen LogP contribution in [-0.4, -0.2) is 18.8 Å². The summed E-state index contributed by atoms with van der Waals surface area (Å²) >= 11 is 0. The van der Waals surface area contributed by atoms with Crippen molar-refractivity contribution in [3.8, 4) is 0 Å². The van der Waals surface area contributed by atoms with Crippen LogP contribution in [0.2, 0.25) is 0 Å². The van der Waals surface area contributed by atoms with Crippen molar-refractivity contribution in [2.24, 2.45) is 17.6 Å². The van der Waals surface area contributed by atoms with Gasteiger partial charge in [-0.3, -0.25) is 0 Å². The third-order valence-electron chi connectivity index (χ3n) is 3.82. The predicted octanol–water partition coefficient (Wildman–Crippen LogP) is 3.35. The molecule has 0 spiro atoms. The van der Waals surface area contributed by atoms with Crippen molar-refractivity contribution in [2.75, 3.05) is 6.61 Å². The second-order valence-corrected chi connectivity index (χ2v) is 5.62. The van der Waals surface area contributed by atoms with E-state index in [0.717, 1.165) is 12.5 Å². The molecule has 1 atom stereocenters. The fraction of sp³-hybridized carbons (Fsp3) is 1.00. The summed E-state index contributed by atoms with van der Waals surface area (Å²) in [7, 11) is 0. The smallest absolute Gasteiger partial charge is 0.0623 e. The van der Waals surface area contributed by atoms with E-state index in [1.807, 2.05) is 0 Å². The van der Waals surface area contributed by atoms with Gasteiger partial charge < -0.3 is 10.5 Å². The molecule has 16 heavy (non-hydrogen) atoms. The van der Waals surface area contributed by atoms with Crippen LogP contribution in [0.5, 0.6) is 0 Å². The Morgan fingerprint density at radius 2 is 1.81 bits per heavy atom. The third-order valence-corrected chi connectivity index (χ3v) is 3.82. The predicted molar refractivity (Wildman–Crippen MR) is 69.4 cm³/mol. The molecule has 1 saturated carbocycles. The summed E-state index contributed by atoms with van der Waals surface area (Å²) in [6.45, 7) is 7.17. The molecule has 0 aromatic carbocycles. The lowest BCUT2D eigenvalue weighted by Gasteiger charge is -2.32. The van der Waals surface area contributed by atoms with Crippen molar-refractivity contribution in [1.82, 2.24) is 0 Å². The van der Waals surface area contributed by atoms with Crippen molar-refractivity contribution < 1.29 is 4.74 Å². The topological polar surface area (TPSA) is 35.2 Å². The molecule has 1 aliphatic rings. The van der Waals surface area contributed by atoms with Crippen LogP contribution in [0, 0.1) is 11.8 Å². The molecule has 1 unspecified atom stereocenters. The standard InChI is InChI=1S/C14H29NO/c1-4-5-12-6-8-13(9-7-12)14(15)10-16-11(2)3/h11-14H,4-10,15H2,1-3H3. The number of ether oxygens (including phenoxy) is 1. The number of hydrogen-bond donors (Lipinski definition) is 1. The summed E-state index contributed by atoms with van der Waals surface area (Å²) in [6, 6.07) is 0.255. The maximum absolute atomic E-state index is 6.19. The summed E-state index contributed by atoms with van der Waals surface area (Å²) in [6.07, 6.45) is 8.44. The van der Waals surface area contributed by atoms with Gasteiger partial charge in [0.25, 0.3) is 0 Å². The zero-order valence-electron chi connectivity index (χ0n) is 11.2. The van der Waals surface area contributed by atoms with Crippen molar-refractivity contribution in [3.63, 3.8) is 0 Å². The first-order valence-electron chi connectivity index (χ1n) is 7.00. The lowest BCUT2D eigenvalue weighted by atomic mass is 9.77. The molecule has 0 amide bonds. The molecule has 0 aliphatic heterocycles. The average Bonchev–Trinajstić information content (AvgIpc) is 2.27. The third kappa shape index (κ3) is 4.84. The van der Waals surface area contributed by atoms with Gasteiger partial charge in [-0.25, -0.2) is 0 Å². The summed E-state index contributed by atoms with van der Waals surface area (Å²) in [4.78, 5) is 0. The fourth-order valence-electron chi connectivity index (χ4n) is 2.75. The van der Waals surface area contributed by atoms with Crippen LogP contribution in [0.4, 0.5) is 0 Å². The van der Waals surface area contributed by atoms with Crippen LogP contribution in [0.3, 0.4) is 0 Å². The fourth-order valence-corrected chi connectivity index (χ4v) is 2.75. The van der Waals surface area contributed by atoms with Gasteiger partial charge in [0.1, 0.15) is 0 Å². The molecule has 0 radical (unpaired) electrons. The van der Waals surface area contributed by atoms with E-state index in [0.29, 0.717) is 12.0 Å². The van der Waals surface area contributed by atoms with Crippen LogP contribution < -0.4 is 5.73 Å². The molecule has 0 aromatic rings. The van der Waals surface area contributed by atoms with Gasteiger partial charge in [0.15, 0.2) is 0 Å². The van der Waals surface area contributed by atoms with E-state index in [1.54, 1.807) is 0 Å². The largest absolute Gasteiger partial charge is 0.377 e. The zero-order chi connectivity index (χ0) is 12.0. The summed E-state index contributed by atoms with van der Waals surface area (Å²) in [5.41, 5.74) is 6.19. The van der Waals surface area contributed by atoms with Crippen molar-refractivity contribution in [1.29, 1.82) is 0 Å². The molecule has 2 nitrogen and oxygen atoms in total. The maximum atomic E-state index is 6.19. The Kier molecular flexibility index (Phi) is 6.37. The van der Waals surface area contributed by atoms with Gasteiger partial charge in [-0.15, -0.1) is 0 Å². The highest BCUT2D eigenvalue weighted by Gasteiger charge is 2.25. The molecular formula is C14H29NO. The molecule has 96 valence electrons. The van der Waals surface area contributed by atoms with E-state index in [-0.39, 0.29) is 6.04 Å². The molecule has 1 fully saturated rings. The number of hydrogen-bond acceptors (Lipinski definition) is 2. The number of nitrogens with two attached hydrogens (primary N) is 1. The Morgan fingerprint density at radius 1 is 1.19 bits per heavy atom. The Labute approximate surface area is 101 Å². The Balaban J connectivity index is 2.19. The van der Waals surface area contributed by atoms with E-state index in [2.05, 4.69) is 20.8 Å². The Bertz CT molecular complexity index is 174. The van der Waals surface area contributed by atoms with Gasteiger partial charge >= 0.3 is 0 Å². The van der Waals surface area contributed by atoms with Gasteiger partial charge in [0.05, 0.1) is 12.7 Å². The van der Waals surface area contributed by atoms with Gasteiger partial charge in [-0.1, -0.05) is 32.6 Å². The SMILES string of the molecule is CCCC1CCC(C(N)COC(C)C)CC1. The molecule has 1 aliphatic carbocycles. The van der Waals surface area contributed by atoms with Gasteiger partial charge in [0.2, 0.25) is 0 Å². The number of rotatable bonds is 6. The highest BCUT2D eigenvalue weighted by molar-refractivity contribution is 4.79. The minimum atomic E-state index is 0.255. The highest BCUT2D eigenvalue weighted by atomic mass is 16.5. The van der Waals surface area contributed by atoms with Crippen LogP contribution in [0.15, 0.2) is 0 Å². The molecule has 0 heterocycles. The van der Waals surface area contributed by atoms with Crippen LogP contribution in [0.25, 0.3) is 0 Å². The second kappa shape index (κ2) is 7.29. The summed E-state index contributed by atoms with van der Waals surface area (Å²) in [5.74, 6) is 1.67. The monoisotopic (exact) mass is 227 g/mol. The van der Waals surface area contributed by atoms with E-state index < -0.39 is 0 Å². The minimum absolute atomic E-state index is 0.255. The van der Waals surface area contributed by atoms with Crippen molar-refractivity contribution in [2.45, 2.75) is 71.4 Å². The van der Waals surface area contributed by atoms with E-state index >= 15 is 0 Å². The normalized spacial score (nSPS) is 28.3. The summed E-state index contributed by atoms with van der Waals surface area (Å²) < 4.78 is 5.61. The first-order valence-corrected chi connectivity index (χ1v) is 7.00. The Hall–Kier alpha value is -0.0800. The molecule has 0 saturated heterocycles. The first kappa shape index (κ1) is 14.0. The molecule has 1 rings (SSSR count). The van der Waals surface area contributed by atoms with Crippen molar-refractivity contribution >= 4 is 0 Å².